The van der Waals surface area contributed by atoms with Gasteiger partial charge in [-0.3, -0.25) is 19.6 Å². The van der Waals surface area contributed by atoms with E-state index in [1.807, 2.05) is 31.2 Å². The van der Waals surface area contributed by atoms with Gasteiger partial charge in [-0.2, -0.15) is 5.10 Å². The lowest BCUT2D eigenvalue weighted by Crippen LogP contribution is -2.27. The summed E-state index contributed by atoms with van der Waals surface area (Å²) in [4.78, 5) is 22.5. The Labute approximate surface area is 138 Å². The summed E-state index contributed by atoms with van der Waals surface area (Å²) >= 11 is 0. The number of hydrogen-bond acceptors (Lipinski definition) is 4. The molecule has 0 unspecified atom stereocenters. The second-order valence-electron chi connectivity index (χ2n) is 5.56. The molecular weight excluding hydrogens is 308 g/mol. The Morgan fingerprint density at radius 1 is 1.25 bits per heavy atom. The van der Waals surface area contributed by atoms with Gasteiger partial charge < -0.3 is 5.32 Å². The maximum atomic E-state index is 12.1. The number of nitro groups is 1. The van der Waals surface area contributed by atoms with Gasteiger partial charge in [0.05, 0.1) is 16.6 Å². The molecule has 1 heterocycles. The van der Waals surface area contributed by atoms with E-state index in [9.17, 15) is 14.9 Å². The minimum absolute atomic E-state index is 0.0104. The molecule has 0 atom stereocenters. The molecule has 0 saturated heterocycles. The Kier molecular flexibility index (Phi) is 4.24. The highest BCUT2D eigenvalue weighted by molar-refractivity contribution is 5.83. The largest absolute Gasteiger partial charge is 0.350 e. The van der Waals surface area contributed by atoms with Gasteiger partial charge in [0.1, 0.15) is 6.54 Å². The second kappa shape index (κ2) is 6.49. The van der Waals surface area contributed by atoms with Crippen molar-refractivity contribution < 1.29 is 9.72 Å². The van der Waals surface area contributed by atoms with Crippen LogP contribution in [-0.4, -0.2) is 20.6 Å². The summed E-state index contributed by atoms with van der Waals surface area (Å²) < 4.78 is 1.47. The monoisotopic (exact) mass is 324 g/mol. The minimum Gasteiger partial charge on any atom is -0.350 e. The lowest BCUT2D eigenvalue weighted by atomic mass is 10.1. The van der Waals surface area contributed by atoms with Crippen LogP contribution >= 0.6 is 0 Å². The zero-order chi connectivity index (χ0) is 17.1. The van der Waals surface area contributed by atoms with Crippen LogP contribution in [0.1, 0.15) is 11.1 Å². The third-order valence-electron chi connectivity index (χ3n) is 3.74. The number of aromatic nitrogens is 2. The highest BCUT2D eigenvalue weighted by Crippen LogP contribution is 2.20. The Balaban J connectivity index is 1.69. The van der Waals surface area contributed by atoms with Gasteiger partial charge in [0, 0.05) is 24.1 Å². The number of carbonyl (C=O) groups excluding carboxylic acids is 1. The molecule has 2 aromatic carbocycles. The molecule has 1 aromatic heterocycles. The molecule has 3 rings (SSSR count). The van der Waals surface area contributed by atoms with Crippen molar-refractivity contribution in [2.45, 2.75) is 20.0 Å². The summed E-state index contributed by atoms with van der Waals surface area (Å²) in [5.41, 5.74) is 2.71. The van der Waals surface area contributed by atoms with Gasteiger partial charge >= 0.3 is 0 Å². The average Bonchev–Trinajstić information content (AvgIpc) is 2.96. The highest BCUT2D eigenvalue weighted by atomic mass is 16.6. The molecule has 24 heavy (non-hydrogen) atoms. The van der Waals surface area contributed by atoms with Crippen LogP contribution in [0.25, 0.3) is 10.9 Å². The summed E-state index contributed by atoms with van der Waals surface area (Å²) in [6.07, 6.45) is 1.59. The number of nitrogens with zero attached hydrogens (tertiary/aromatic N) is 3. The van der Waals surface area contributed by atoms with Gasteiger partial charge in [-0.05, 0) is 18.6 Å². The smallest absolute Gasteiger partial charge is 0.271 e. The van der Waals surface area contributed by atoms with E-state index < -0.39 is 4.92 Å². The first kappa shape index (κ1) is 15.7. The van der Waals surface area contributed by atoms with Crippen LogP contribution in [0.2, 0.25) is 0 Å². The number of aryl methyl sites for hydroxylation is 1. The molecule has 0 saturated carbocycles. The fraction of sp³-hybridized carbons (Fsp3) is 0.176. The van der Waals surface area contributed by atoms with Gasteiger partial charge in [0.15, 0.2) is 0 Å². The van der Waals surface area contributed by atoms with Crippen molar-refractivity contribution in [1.29, 1.82) is 0 Å². The number of nitro benzene ring substituents is 1. The van der Waals surface area contributed by atoms with Gasteiger partial charge in [0.2, 0.25) is 5.91 Å². The van der Waals surface area contributed by atoms with Crippen LogP contribution in [-0.2, 0) is 17.9 Å². The van der Waals surface area contributed by atoms with Gasteiger partial charge in [0.25, 0.3) is 5.69 Å². The maximum Gasteiger partial charge on any atom is 0.271 e. The summed E-state index contributed by atoms with van der Waals surface area (Å²) in [7, 11) is 0. The Bertz CT molecular complexity index is 900. The quantitative estimate of drug-likeness (QED) is 0.577. The predicted octanol–water partition coefficient (Wildman–Crippen LogP) is 2.57. The van der Waals surface area contributed by atoms with Gasteiger partial charge in [-0.25, -0.2) is 0 Å². The molecule has 1 N–H and O–H groups in total. The standard InChI is InChI=1S/C17H16N4O3/c1-12-2-4-13(5-3-12)9-18-17(22)11-20-16-8-15(21(23)24)7-6-14(16)10-19-20/h2-8,10H,9,11H2,1H3,(H,18,22). The van der Waals surface area contributed by atoms with Crippen molar-refractivity contribution in [3.05, 3.63) is 69.9 Å². The first-order valence-corrected chi connectivity index (χ1v) is 7.45. The van der Waals surface area contributed by atoms with Crippen LogP contribution in [0.3, 0.4) is 0 Å². The van der Waals surface area contributed by atoms with Crippen LogP contribution in [0.15, 0.2) is 48.7 Å². The fourth-order valence-electron chi connectivity index (χ4n) is 2.40. The molecule has 7 nitrogen and oxygen atoms in total. The number of fused-ring (bicyclic) bond motifs is 1. The van der Waals surface area contributed by atoms with Crippen LogP contribution in [0.5, 0.6) is 0 Å². The van der Waals surface area contributed by atoms with E-state index in [-0.39, 0.29) is 18.1 Å². The zero-order valence-electron chi connectivity index (χ0n) is 13.1. The number of rotatable bonds is 5. The molecule has 0 fully saturated rings. The van der Waals surface area contributed by atoms with E-state index in [0.29, 0.717) is 12.1 Å². The summed E-state index contributed by atoms with van der Waals surface area (Å²) in [6, 6.07) is 12.4. The lowest BCUT2D eigenvalue weighted by molar-refractivity contribution is -0.384. The van der Waals surface area contributed by atoms with Crippen molar-refractivity contribution >= 4 is 22.5 Å². The Morgan fingerprint density at radius 3 is 2.71 bits per heavy atom. The topological polar surface area (TPSA) is 90.1 Å². The summed E-state index contributed by atoms with van der Waals surface area (Å²) in [5, 5.41) is 18.6. The van der Waals surface area contributed by atoms with E-state index in [2.05, 4.69) is 10.4 Å². The van der Waals surface area contributed by atoms with E-state index >= 15 is 0 Å². The predicted molar refractivity (Wildman–Crippen MR) is 89.4 cm³/mol. The van der Waals surface area contributed by atoms with E-state index in [4.69, 9.17) is 0 Å². The first-order chi connectivity index (χ1) is 11.5. The summed E-state index contributed by atoms with van der Waals surface area (Å²) in [5.74, 6) is -0.202. The minimum atomic E-state index is -0.464. The second-order valence-corrected chi connectivity index (χ2v) is 5.56. The third kappa shape index (κ3) is 3.40. The van der Waals surface area contributed by atoms with E-state index in [1.165, 1.54) is 16.8 Å². The molecule has 0 radical (unpaired) electrons. The number of carbonyl (C=O) groups is 1. The molecule has 0 bridgehead atoms. The maximum absolute atomic E-state index is 12.1. The SMILES string of the molecule is Cc1ccc(CNC(=O)Cn2ncc3ccc([N+](=O)[O-])cc32)cc1. The molecule has 0 spiro atoms. The molecule has 0 aliphatic heterocycles. The van der Waals surface area contributed by atoms with Crippen LogP contribution < -0.4 is 5.32 Å². The summed E-state index contributed by atoms with van der Waals surface area (Å²) in [6.45, 7) is 2.44. The molecule has 3 aromatic rings. The van der Waals surface area contributed by atoms with Crippen molar-refractivity contribution in [2.75, 3.05) is 0 Å². The van der Waals surface area contributed by atoms with Gasteiger partial charge in [-0.1, -0.05) is 29.8 Å². The van der Waals surface area contributed by atoms with Crippen LogP contribution in [0, 0.1) is 17.0 Å². The van der Waals surface area contributed by atoms with Crippen molar-refractivity contribution in [3.8, 4) is 0 Å². The van der Waals surface area contributed by atoms with Gasteiger partial charge in [-0.15, -0.1) is 0 Å². The van der Waals surface area contributed by atoms with Crippen molar-refractivity contribution in [1.82, 2.24) is 15.1 Å². The van der Waals surface area contributed by atoms with Crippen molar-refractivity contribution in [3.63, 3.8) is 0 Å². The van der Waals surface area contributed by atoms with E-state index in [1.54, 1.807) is 12.3 Å². The van der Waals surface area contributed by atoms with Crippen LogP contribution in [0.4, 0.5) is 5.69 Å². The molecule has 0 aliphatic rings. The normalized spacial score (nSPS) is 10.7. The van der Waals surface area contributed by atoms with E-state index in [0.717, 1.165) is 16.5 Å². The number of amides is 1. The third-order valence-corrected chi connectivity index (χ3v) is 3.74. The number of nitrogens with one attached hydrogen (secondary N) is 1. The number of benzene rings is 2. The highest BCUT2D eigenvalue weighted by Gasteiger charge is 2.12. The fourth-order valence-corrected chi connectivity index (χ4v) is 2.40. The number of non-ortho nitro benzene ring substituents is 1. The molecule has 1 amide bonds. The molecular formula is C17H16N4O3. The lowest BCUT2D eigenvalue weighted by Gasteiger charge is -2.07. The Morgan fingerprint density at radius 2 is 2.00 bits per heavy atom. The molecule has 7 heteroatoms. The first-order valence-electron chi connectivity index (χ1n) is 7.45. The Hall–Kier alpha value is -3.22. The molecule has 122 valence electrons. The average molecular weight is 324 g/mol. The zero-order valence-corrected chi connectivity index (χ0v) is 13.1. The molecule has 0 aliphatic carbocycles. The number of hydrogen-bond donors (Lipinski definition) is 1. The van der Waals surface area contributed by atoms with Crippen molar-refractivity contribution in [2.24, 2.45) is 0 Å².